The molecule has 0 aromatic heterocycles. The van der Waals surface area contributed by atoms with Crippen molar-refractivity contribution < 1.29 is 19.4 Å². The van der Waals surface area contributed by atoms with E-state index in [4.69, 9.17) is 4.74 Å². The van der Waals surface area contributed by atoms with Gasteiger partial charge in [0.25, 0.3) is 0 Å². The number of esters is 1. The Morgan fingerprint density at radius 2 is 1.90 bits per heavy atom. The number of carbonyl (C=O) groups is 2. The highest BCUT2D eigenvalue weighted by Crippen LogP contribution is 2.35. The first kappa shape index (κ1) is 16.0. The predicted octanol–water partition coefficient (Wildman–Crippen LogP) is 3.13. The van der Waals surface area contributed by atoms with Gasteiger partial charge in [-0.1, -0.05) is 43.8 Å². The van der Waals surface area contributed by atoms with Crippen LogP contribution in [0.5, 0.6) is 0 Å². The molecule has 1 aromatic carbocycles. The molecule has 4 heteroatoms. The van der Waals surface area contributed by atoms with Crippen LogP contribution < -0.4 is 0 Å². The Kier molecular flexibility index (Phi) is 5.08. The Labute approximate surface area is 119 Å². The molecule has 0 fully saturated rings. The van der Waals surface area contributed by atoms with E-state index in [0.717, 1.165) is 0 Å². The monoisotopic (exact) mass is 276 g/mol. The van der Waals surface area contributed by atoms with Gasteiger partial charge in [-0.2, -0.15) is 0 Å². The Morgan fingerprint density at radius 1 is 1.35 bits per heavy atom. The first-order valence-electron chi connectivity index (χ1n) is 6.53. The molecule has 1 N–H and O–H groups in total. The zero-order valence-corrected chi connectivity index (χ0v) is 12.1. The van der Waals surface area contributed by atoms with E-state index in [2.05, 4.69) is 6.58 Å². The summed E-state index contributed by atoms with van der Waals surface area (Å²) in [5.74, 6) is -2.05. The van der Waals surface area contributed by atoms with Crippen molar-refractivity contribution in [3.8, 4) is 0 Å². The summed E-state index contributed by atoms with van der Waals surface area (Å²) in [5, 5.41) is 9.46. The average Bonchev–Trinajstić information content (AvgIpc) is 2.45. The first-order chi connectivity index (χ1) is 9.33. The van der Waals surface area contributed by atoms with E-state index in [1.807, 2.05) is 13.0 Å². The van der Waals surface area contributed by atoms with Crippen LogP contribution in [-0.2, 0) is 14.3 Å². The van der Waals surface area contributed by atoms with Gasteiger partial charge in [0.05, 0.1) is 6.10 Å². The minimum absolute atomic E-state index is 0.221. The van der Waals surface area contributed by atoms with Crippen molar-refractivity contribution in [1.29, 1.82) is 0 Å². The summed E-state index contributed by atoms with van der Waals surface area (Å²) in [4.78, 5) is 23.8. The van der Waals surface area contributed by atoms with Crippen molar-refractivity contribution in [2.45, 2.75) is 33.3 Å². The average molecular weight is 276 g/mol. The zero-order chi connectivity index (χ0) is 15.3. The predicted molar refractivity (Wildman–Crippen MR) is 77.1 cm³/mol. The fourth-order valence-corrected chi connectivity index (χ4v) is 1.65. The van der Waals surface area contributed by atoms with Crippen molar-refractivity contribution >= 4 is 17.5 Å². The molecule has 0 amide bonds. The lowest BCUT2D eigenvalue weighted by molar-refractivity contribution is -0.166. The molecule has 0 radical (unpaired) electrons. The van der Waals surface area contributed by atoms with Gasteiger partial charge in [-0.25, -0.2) is 0 Å². The van der Waals surface area contributed by atoms with E-state index in [9.17, 15) is 14.7 Å². The van der Waals surface area contributed by atoms with Gasteiger partial charge >= 0.3 is 11.9 Å². The van der Waals surface area contributed by atoms with Crippen LogP contribution in [0.1, 0.15) is 32.8 Å². The highest BCUT2D eigenvalue weighted by molar-refractivity contribution is 6.10. The number of hydrogen-bond donors (Lipinski definition) is 1. The van der Waals surface area contributed by atoms with Crippen molar-refractivity contribution in [3.05, 3.63) is 42.5 Å². The Morgan fingerprint density at radius 3 is 2.35 bits per heavy atom. The SMILES string of the molecule is C=C(c1ccccc1)C(C)(C(=O)O)C(=O)OC(C)CC. The highest BCUT2D eigenvalue weighted by atomic mass is 16.5. The second-order valence-electron chi connectivity index (χ2n) is 4.90. The normalized spacial score (nSPS) is 14.9. The number of carboxylic acid groups (broad SMARTS) is 1. The third-order valence-corrected chi connectivity index (χ3v) is 3.44. The van der Waals surface area contributed by atoms with Gasteiger partial charge < -0.3 is 9.84 Å². The molecule has 0 spiro atoms. The fraction of sp³-hybridized carbons (Fsp3) is 0.375. The topological polar surface area (TPSA) is 63.6 Å². The van der Waals surface area contributed by atoms with Gasteiger partial charge in [0.15, 0.2) is 5.41 Å². The lowest BCUT2D eigenvalue weighted by atomic mass is 9.79. The summed E-state index contributed by atoms with van der Waals surface area (Å²) < 4.78 is 5.19. The van der Waals surface area contributed by atoms with E-state index < -0.39 is 17.4 Å². The number of hydrogen-bond acceptors (Lipinski definition) is 3. The Balaban J connectivity index is 3.12. The number of carbonyl (C=O) groups excluding carboxylic acids is 1. The molecule has 1 rings (SSSR count). The maximum atomic E-state index is 12.2. The van der Waals surface area contributed by atoms with Crippen LogP contribution in [0.3, 0.4) is 0 Å². The Bertz CT molecular complexity index is 506. The van der Waals surface area contributed by atoms with Crippen molar-refractivity contribution in [2.24, 2.45) is 5.41 Å². The van der Waals surface area contributed by atoms with Crippen LogP contribution in [0.2, 0.25) is 0 Å². The van der Waals surface area contributed by atoms with Gasteiger partial charge in [-0.05, 0) is 31.4 Å². The summed E-state index contributed by atoms with van der Waals surface area (Å²) >= 11 is 0. The minimum Gasteiger partial charge on any atom is -0.480 e. The van der Waals surface area contributed by atoms with Gasteiger partial charge in [-0.15, -0.1) is 0 Å². The molecule has 0 saturated carbocycles. The summed E-state index contributed by atoms with van der Waals surface area (Å²) in [6.07, 6.45) is 0.295. The molecule has 0 aliphatic carbocycles. The maximum Gasteiger partial charge on any atom is 0.328 e. The molecule has 108 valence electrons. The lowest BCUT2D eigenvalue weighted by Gasteiger charge is -2.27. The quantitative estimate of drug-likeness (QED) is 0.640. The molecular formula is C16H20O4. The van der Waals surface area contributed by atoms with E-state index in [1.165, 1.54) is 6.92 Å². The van der Waals surface area contributed by atoms with Crippen molar-refractivity contribution in [3.63, 3.8) is 0 Å². The summed E-state index contributed by atoms with van der Waals surface area (Å²) in [7, 11) is 0. The third-order valence-electron chi connectivity index (χ3n) is 3.44. The third kappa shape index (κ3) is 3.07. The first-order valence-corrected chi connectivity index (χ1v) is 6.53. The number of ether oxygens (including phenoxy) is 1. The zero-order valence-electron chi connectivity index (χ0n) is 12.1. The maximum absolute atomic E-state index is 12.2. The molecule has 0 aliphatic rings. The molecule has 2 atom stereocenters. The molecule has 0 bridgehead atoms. The summed E-state index contributed by atoms with van der Waals surface area (Å²) in [6.45, 7) is 8.71. The van der Waals surface area contributed by atoms with Crippen molar-refractivity contribution in [1.82, 2.24) is 0 Å². The smallest absolute Gasteiger partial charge is 0.328 e. The van der Waals surface area contributed by atoms with Crippen molar-refractivity contribution in [2.75, 3.05) is 0 Å². The molecule has 20 heavy (non-hydrogen) atoms. The van der Waals surface area contributed by atoms with Crippen LogP contribution in [0.25, 0.3) is 5.57 Å². The second-order valence-corrected chi connectivity index (χ2v) is 4.90. The molecule has 0 saturated heterocycles. The number of benzene rings is 1. The van der Waals surface area contributed by atoms with Gasteiger partial charge in [0.1, 0.15) is 0 Å². The molecule has 1 aromatic rings. The van der Waals surface area contributed by atoms with Crippen LogP contribution in [0.4, 0.5) is 0 Å². The standard InChI is InChI=1S/C16H20O4/c1-5-11(2)20-15(19)16(4,14(17)18)12(3)13-9-7-6-8-10-13/h6-11H,3,5H2,1-2,4H3,(H,17,18). The molecule has 4 nitrogen and oxygen atoms in total. The molecule has 0 aliphatic heterocycles. The molecule has 0 heterocycles. The number of carboxylic acids is 1. The van der Waals surface area contributed by atoms with Crippen LogP contribution in [-0.4, -0.2) is 23.1 Å². The van der Waals surface area contributed by atoms with Crippen LogP contribution in [0.15, 0.2) is 36.9 Å². The van der Waals surface area contributed by atoms with Gasteiger partial charge in [0, 0.05) is 0 Å². The summed E-state index contributed by atoms with van der Waals surface area (Å²) in [5.41, 5.74) is -0.956. The van der Waals surface area contributed by atoms with E-state index in [-0.39, 0.29) is 11.7 Å². The minimum atomic E-state index is -1.79. The van der Waals surface area contributed by atoms with Gasteiger partial charge in [-0.3, -0.25) is 9.59 Å². The van der Waals surface area contributed by atoms with E-state index in [1.54, 1.807) is 31.2 Å². The summed E-state index contributed by atoms with van der Waals surface area (Å²) in [6, 6.07) is 8.79. The molecular weight excluding hydrogens is 256 g/mol. The van der Waals surface area contributed by atoms with Gasteiger partial charge in [0.2, 0.25) is 0 Å². The van der Waals surface area contributed by atoms with Crippen LogP contribution in [0, 0.1) is 5.41 Å². The largest absolute Gasteiger partial charge is 0.480 e. The Hall–Kier alpha value is -2.10. The second kappa shape index (κ2) is 6.37. The van der Waals surface area contributed by atoms with E-state index in [0.29, 0.717) is 12.0 Å². The van der Waals surface area contributed by atoms with Crippen LogP contribution >= 0.6 is 0 Å². The fourth-order valence-electron chi connectivity index (χ4n) is 1.65. The lowest BCUT2D eigenvalue weighted by Crippen LogP contribution is -2.40. The molecule has 2 unspecified atom stereocenters. The highest BCUT2D eigenvalue weighted by Gasteiger charge is 2.46. The number of aliphatic carboxylic acids is 1. The number of rotatable bonds is 6. The van der Waals surface area contributed by atoms with E-state index >= 15 is 0 Å².